The third kappa shape index (κ3) is 3.44. The molecule has 0 radical (unpaired) electrons. The molecule has 0 N–H and O–H groups in total. The zero-order valence-corrected chi connectivity index (χ0v) is 17.1. The van der Waals surface area contributed by atoms with Crippen molar-refractivity contribution in [2.24, 2.45) is 0 Å². The molecule has 0 aromatic carbocycles. The van der Waals surface area contributed by atoms with E-state index in [1.807, 2.05) is 0 Å². The van der Waals surface area contributed by atoms with Crippen LogP contribution in [0.4, 0.5) is 13.2 Å². The molecule has 0 bridgehead atoms. The van der Waals surface area contributed by atoms with Gasteiger partial charge in [0.2, 0.25) is 5.76 Å². The Labute approximate surface area is 170 Å². The van der Waals surface area contributed by atoms with Crippen molar-refractivity contribution in [1.82, 2.24) is 24.5 Å². The maximum atomic E-state index is 13.6. The Morgan fingerprint density at radius 3 is 2.57 bits per heavy atom. The molecule has 1 saturated heterocycles. The van der Waals surface area contributed by atoms with Gasteiger partial charge in [0.25, 0.3) is 5.91 Å². The molecular weight excluding hydrogens is 399 g/mol. The first kappa shape index (κ1) is 20.4. The number of carbonyl (C=O) groups excluding carboxylic acids is 1. The second-order valence-electron chi connectivity index (χ2n) is 7.86. The summed E-state index contributed by atoms with van der Waals surface area (Å²) < 4.78 is 47.2. The molecule has 0 spiro atoms. The summed E-state index contributed by atoms with van der Waals surface area (Å²) in [6, 6.07) is 2.12. The highest BCUT2D eigenvalue weighted by atomic mass is 19.4. The summed E-state index contributed by atoms with van der Waals surface area (Å²) in [7, 11) is 0. The number of alkyl halides is 3. The lowest BCUT2D eigenvalue weighted by molar-refractivity contribution is -0.142. The average Bonchev–Trinajstić information content (AvgIpc) is 3.36. The zero-order valence-electron chi connectivity index (χ0n) is 17.1. The first-order valence-electron chi connectivity index (χ1n) is 9.79. The molecule has 10 heteroatoms. The fourth-order valence-corrected chi connectivity index (χ4v) is 3.85. The van der Waals surface area contributed by atoms with Crippen LogP contribution in [0.15, 0.2) is 16.5 Å². The largest absolute Gasteiger partial charge is 0.436 e. The van der Waals surface area contributed by atoms with Gasteiger partial charge in [0.05, 0.1) is 17.4 Å². The summed E-state index contributed by atoms with van der Waals surface area (Å²) in [5.74, 6) is 0.0372. The Kier molecular flexibility index (Phi) is 4.82. The van der Waals surface area contributed by atoms with Crippen molar-refractivity contribution in [1.29, 1.82) is 0 Å². The summed E-state index contributed by atoms with van der Waals surface area (Å²) in [4.78, 5) is 23.1. The molecule has 160 valence electrons. The number of nitrogens with zero attached hydrogens (tertiary/aromatic N) is 5. The molecule has 3 aromatic heterocycles. The van der Waals surface area contributed by atoms with E-state index in [0.717, 1.165) is 10.6 Å². The van der Waals surface area contributed by atoms with Gasteiger partial charge in [-0.25, -0.2) is 14.5 Å². The smallest absolute Gasteiger partial charge is 0.433 e. The van der Waals surface area contributed by atoms with Crippen molar-refractivity contribution < 1.29 is 22.4 Å². The normalized spacial score (nSPS) is 17.5. The highest BCUT2D eigenvalue weighted by molar-refractivity contribution is 5.93. The molecule has 0 aliphatic carbocycles. The van der Waals surface area contributed by atoms with Gasteiger partial charge in [0.15, 0.2) is 11.5 Å². The van der Waals surface area contributed by atoms with E-state index < -0.39 is 17.9 Å². The van der Waals surface area contributed by atoms with Gasteiger partial charge in [-0.1, -0.05) is 13.8 Å². The zero-order chi connectivity index (χ0) is 21.8. The number of carbonyl (C=O) groups is 1. The minimum Gasteiger partial charge on any atom is -0.436 e. The lowest BCUT2D eigenvalue weighted by atomic mass is 10.1. The van der Waals surface area contributed by atoms with Crippen LogP contribution in [-0.2, 0) is 6.18 Å². The van der Waals surface area contributed by atoms with Crippen molar-refractivity contribution in [3.05, 3.63) is 46.6 Å². The SMILES string of the molecule is Cc1nc(C)c(C(=O)N2CCCC2c2cc3nc(C(C)C)cc(C(F)(F)F)n3n2)o1. The highest BCUT2D eigenvalue weighted by Crippen LogP contribution is 2.36. The molecular formula is C20H22F3N5O2. The van der Waals surface area contributed by atoms with Crippen LogP contribution >= 0.6 is 0 Å². The molecule has 1 amide bonds. The van der Waals surface area contributed by atoms with Crippen LogP contribution in [0.1, 0.15) is 77.9 Å². The minimum absolute atomic E-state index is 0.120. The predicted octanol–water partition coefficient (Wildman–Crippen LogP) is 4.45. The lowest BCUT2D eigenvalue weighted by Crippen LogP contribution is -2.31. The Morgan fingerprint density at radius 1 is 1.23 bits per heavy atom. The second-order valence-corrected chi connectivity index (χ2v) is 7.86. The molecule has 4 heterocycles. The monoisotopic (exact) mass is 421 g/mol. The van der Waals surface area contributed by atoms with Crippen molar-refractivity contribution in [2.75, 3.05) is 6.54 Å². The van der Waals surface area contributed by atoms with E-state index in [1.54, 1.807) is 32.6 Å². The van der Waals surface area contributed by atoms with Crippen LogP contribution in [0.5, 0.6) is 0 Å². The van der Waals surface area contributed by atoms with Crippen LogP contribution in [-0.4, -0.2) is 36.9 Å². The van der Waals surface area contributed by atoms with Gasteiger partial charge >= 0.3 is 6.18 Å². The van der Waals surface area contributed by atoms with Gasteiger partial charge < -0.3 is 9.32 Å². The van der Waals surface area contributed by atoms with E-state index in [0.29, 0.717) is 42.4 Å². The van der Waals surface area contributed by atoms with Gasteiger partial charge in [-0.3, -0.25) is 4.79 Å². The molecule has 1 aliphatic rings. The number of amides is 1. The van der Waals surface area contributed by atoms with E-state index in [9.17, 15) is 18.0 Å². The van der Waals surface area contributed by atoms with E-state index in [2.05, 4.69) is 15.1 Å². The molecule has 1 atom stereocenters. The number of fused-ring (bicyclic) bond motifs is 1. The number of aryl methyl sites for hydroxylation is 2. The van der Waals surface area contributed by atoms with Gasteiger partial charge in [-0.05, 0) is 31.7 Å². The Balaban J connectivity index is 1.77. The molecule has 1 aliphatic heterocycles. The average molecular weight is 421 g/mol. The van der Waals surface area contributed by atoms with E-state index >= 15 is 0 Å². The molecule has 4 rings (SSSR count). The van der Waals surface area contributed by atoms with Crippen molar-refractivity contribution in [2.45, 2.75) is 58.7 Å². The molecule has 3 aromatic rings. The predicted molar refractivity (Wildman–Crippen MR) is 101 cm³/mol. The van der Waals surface area contributed by atoms with Gasteiger partial charge in [0.1, 0.15) is 5.69 Å². The Hall–Kier alpha value is -2.91. The standard InChI is InChI=1S/C20H22F3N5O2/c1-10(2)13-8-16(20(21,22)23)28-17(25-13)9-14(26-28)15-6-5-7-27(15)19(29)18-11(3)24-12(4)30-18/h8-10,15H,5-7H2,1-4H3. The molecule has 30 heavy (non-hydrogen) atoms. The number of hydrogen-bond acceptors (Lipinski definition) is 5. The van der Waals surface area contributed by atoms with E-state index in [4.69, 9.17) is 4.42 Å². The number of oxazole rings is 1. The van der Waals surface area contributed by atoms with Crippen molar-refractivity contribution in [3.8, 4) is 0 Å². The first-order valence-corrected chi connectivity index (χ1v) is 9.79. The molecule has 1 unspecified atom stereocenters. The lowest BCUT2D eigenvalue weighted by Gasteiger charge is -2.22. The van der Waals surface area contributed by atoms with Gasteiger partial charge in [0, 0.05) is 25.2 Å². The maximum Gasteiger partial charge on any atom is 0.433 e. The van der Waals surface area contributed by atoms with Crippen LogP contribution in [0, 0.1) is 13.8 Å². The number of halogens is 3. The number of aromatic nitrogens is 4. The second kappa shape index (κ2) is 7.10. The van der Waals surface area contributed by atoms with Crippen molar-refractivity contribution >= 4 is 11.6 Å². The third-order valence-electron chi connectivity index (χ3n) is 5.30. The van der Waals surface area contributed by atoms with E-state index in [-0.39, 0.29) is 23.2 Å². The van der Waals surface area contributed by atoms with Crippen LogP contribution < -0.4 is 0 Å². The maximum absolute atomic E-state index is 13.6. The number of rotatable bonds is 3. The van der Waals surface area contributed by atoms with Crippen LogP contribution in [0.3, 0.4) is 0 Å². The van der Waals surface area contributed by atoms with Crippen molar-refractivity contribution in [3.63, 3.8) is 0 Å². The highest BCUT2D eigenvalue weighted by Gasteiger charge is 2.38. The fourth-order valence-electron chi connectivity index (χ4n) is 3.85. The van der Waals surface area contributed by atoms with Gasteiger partial charge in [-0.15, -0.1) is 0 Å². The Morgan fingerprint density at radius 2 is 1.97 bits per heavy atom. The van der Waals surface area contributed by atoms with Gasteiger partial charge in [-0.2, -0.15) is 18.3 Å². The fraction of sp³-hybridized carbons (Fsp3) is 0.500. The summed E-state index contributed by atoms with van der Waals surface area (Å²) in [5, 5.41) is 4.21. The number of hydrogen-bond donors (Lipinski definition) is 0. The number of likely N-dealkylation sites (tertiary alicyclic amines) is 1. The minimum atomic E-state index is -4.58. The molecule has 7 nitrogen and oxygen atoms in total. The molecule has 1 fully saturated rings. The summed E-state index contributed by atoms with van der Waals surface area (Å²) in [6.07, 6.45) is -3.26. The summed E-state index contributed by atoms with van der Waals surface area (Å²) in [6.45, 7) is 7.38. The topological polar surface area (TPSA) is 76.5 Å². The Bertz CT molecular complexity index is 1120. The summed E-state index contributed by atoms with van der Waals surface area (Å²) in [5.41, 5.74) is 0.456. The quantitative estimate of drug-likeness (QED) is 0.624. The van der Waals surface area contributed by atoms with Crippen LogP contribution in [0.25, 0.3) is 5.65 Å². The first-order chi connectivity index (χ1) is 14.1. The molecule has 0 saturated carbocycles. The van der Waals surface area contributed by atoms with Crippen LogP contribution in [0.2, 0.25) is 0 Å². The third-order valence-corrected chi connectivity index (χ3v) is 5.30. The summed E-state index contributed by atoms with van der Waals surface area (Å²) >= 11 is 0. The van der Waals surface area contributed by atoms with E-state index in [1.165, 1.54) is 6.07 Å².